The molecule has 0 N–H and O–H groups in total. The number of hydrogen-bond acceptors (Lipinski definition) is 8. The van der Waals surface area contributed by atoms with Crippen molar-refractivity contribution in [1.29, 1.82) is 0 Å². The van der Waals surface area contributed by atoms with E-state index in [1.807, 2.05) is 0 Å². The maximum atomic E-state index is 12.5. The number of carbonyl (C=O) groups excluding carboxylic acids is 2. The highest BCUT2D eigenvalue weighted by Crippen LogP contribution is 2.41. The molecule has 10 heteroatoms. The van der Waals surface area contributed by atoms with E-state index in [2.05, 4.69) is 0 Å². The smallest absolute Gasteiger partial charge is 0.281 e. The summed E-state index contributed by atoms with van der Waals surface area (Å²) in [5, 5.41) is 46.0. The van der Waals surface area contributed by atoms with E-state index in [1.54, 1.807) is 0 Å². The summed E-state index contributed by atoms with van der Waals surface area (Å²) in [4.78, 5) is 45.2. The minimum Gasteiger partial charge on any atom is -0.872 e. The summed E-state index contributed by atoms with van der Waals surface area (Å²) < 4.78 is 0. The van der Waals surface area contributed by atoms with E-state index in [0.29, 0.717) is 0 Å². The lowest BCUT2D eigenvalue weighted by Gasteiger charge is -2.25. The van der Waals surface area contributed by atoms with Crippen molar-refractivity contribution >= 4 is 22.9 Å². The van der Waals surface area contributed by atoms with Gasteiger partial charge in [-0.15, -0.1) is 0 Å². The summed E-state index contributed by atoms with van der Waals surface area (Å²) in [6.07, 6.45) is 0. The van der Waals surface area contributed by atoms with Gasteiger partial charge in [0.25, 0.3) is 11.4 Å². The molecule has 0 heterocycles. The van der Waals surface area contributed by atoms with Crippen LogP contribution in [0.15, 0.2) is 24.3 Å². The van der Waals surface area contributed by atoms with Crippen molar-refractivity contribution in [2.24, 2.45) is 0 Å². The van der Waals surface area contributed by atoms with Gasteiger partial charge in [-0.1, -0.05) is 23.6 Å². The molecule has 3 rings (SSSR count). The van der Waals surface area contributed by atoms with Crippen LogP contribution in [0.2, 0.25) is 0 Å². The van der Waals surface area contributed by atoms with Crippen molar-refractivity contribution in [3.05, 3.63) is 66.7 Å². The highest BCUT2D eigenvalue weighted by atomic mass is 16.6. The van der Waals surface area contributed by atoms with Gasteiger partial charge in [0.15, 0.2) is 0 Å². The quantitative estimate of drug-likeness (QED) is 0.482. The van der Waals surface area contributed by atoms with Crippen molar-refractivity contribution in [2.45, 2.75) is 0 Å². The minimum absolute atomic E-state index is 0.722. The number of benzene rings is 2. The van der Waals surface area contributed by atoms with E-state index in [1.165, 1.54) is 0 Å². The normalized spacial score (nSPS) is 12.5. The maximum Gasteiger partial charge on any atom is 0.281 e. The number of nitro groups is 2. The molecule has 24 heavy (non-hydrogen) atoms. The third kappa shape index (κ3) is 1.83. The molecule has 2 aromatic rings. The van der Waals surface area contributed by atoms with Crippen LogP contribution in [0.25, 0.3) is 0 Å². The topological polar surface area (TPSA) is 167 Å². The first-order valence-electron chi connectivity index (χ1n) is 6.32. The Kier molecular flexibility index (Phi) is 3.04. The number of nitro benzene ring substituents is 2. The number of fused-ring (bicyclic) bond motifs is 2. The molecule has 10 nitrogen and oxygen atoms in total. The summed E-state index contributed by atoms with van der Waals surface area (Å²) in [5.74, 6) is -4.49. The predicted octanol–water partition coefficient (Wildman–Crippen LogP) is 0.426. The van der Waals surface area contributed by atoms with Crippen molar-refractivity contribution in [3.8, 4) is 11.5 Å². The molecule has 0 saturated heterocycles. The SMILES string of the molecule is O=C1c2c([O-])ccc([N+](=O)[O-])c2C(=O)c2c([O-])ccc([N+](=O)[O-])c21. The molecular formula is C14H4N2O8-2. The monoisotopic (exact) mass is 328 g/mol. The molecular weight excluding hydrogens is 324 g/mol. The minimum atomic E-state index is -1.25. The Hall–Kier alpha value is -3.82. The summed E-state index contributed by atoms with van der Waals surface area (Å²) in [6.45, 7) is 0. The highest BCUT2D eigenvalue weighted by molar-refractivity contribution is 6.32. The number of carbonyl (C=O) groups is 2. The molecule has 0 aliphatic heterocycles. The fourth-order valence-corrected chi connectivity index (χ4v) is 2.61. The van der Waals surface area contributed by atoms with Gasteiger partial charge in [0.05, 0.1) is 9.85 Å². The molecule has 0 aromatic heterocycles. The summed E-state index contributed by atoms with van der Waals surface area (Å²) in [7, 11) is 0. The van der Waals surface area contributed by atoms with Crippen LogP contribution in [0.3, 0.4) is 0 Å². The van der Waals surface area contributed by atoms with Gasteiger partial charge in [0.1, 0.15) is 11.1 Å². The standard InChI is InChI=1S/C14H6N2O8/c17-7-3-1-5(15(21)22)9-11(7)14(20)10-6(16(23)24)2-4-8(18)12(10)13(9)19/h1-4,17-18H/p-2. The van der Waals surface area contributed by atoms with E-state index in [0.717, 1.165) is 24.3 Å². The largest absolute Gasteiger partial charge is 0.872 e. The lowest BCUT2D eigenvalue weighted by atomic mass is 9.81. The lowest BCUT2D eigenvalue weighted by molar-refractivity contribution is -0.385. The van der Waals surface area contributed by atoms with Crippen molar-refractivity contribution in [1.82, 2.24) is 0 Å². The van der Waals surface area contributed by atoms with Gasteiger partial charge >= 0.3 is 0 Å². The van der Waals surface area contributed by atoms with Crippen LogP contribution in [0.5, 0.6) is 11.5 Å². The third-order valence-corrected chi connectivity index (χ3v) is 3.59. The van der Waals surface area contributed by atoms with Crippen LogP contribution in [0, 0.1) is 20.2 Å². The van der Waals surface area contributed by atoms with E-state index in [9.17, 15) is 40.0 Å². The Bertz CT molecular complexity index is 900. The molecule has 2 aromatic carbocycles. The number of rotatable bonds is 2. The lowest BCUT2D eigenvalue weighted by Crippen LogP contribution is -2.26. The van der Waals surface area contributed by atoms with E-state index >= 15 is 0 Å². The highest BCUT2D eigenvalue weighted by Gasteiger charge is 2.40. The summed E-state index contributed by atoms with van der Waals surface area (Å²) in [6, 6.07) is 2.94. The average molecular weight is 328 g/mol. The van der Waals surface area contributed by atoms with Crippen LogP contribution in [-0.2, 0) is 0 Å². The van der Waals surface area contributed by atoms with Crippen molar-refractivity contribution < 1.29 is 29.6 Å². The van der Waals surface area contributed by atoms with Gasteiger partial charge in [-0.3, -0.25) is 29.8 Å². The number of hydrogen-bond donors (Lipinski definition) is 0. The first-order valence-corrected chi connectivity index (χ1v) is 6.32. The second kappa shape index (κ2) is 4.84. The Balaban J connectivity index is 2.47. The van der Waals surface area contributed by atoms with E-state index in [-0.39, 0.29) is 0 Å². The molecule has 1 aliphatic rings. The van der Waals surface area contributed by atoms with Crippen LogP contribution < -0.4 is 10.2 Å². The predicted molar refractivity (Wildman–Crippen MR) is 71.9 cm³/mol. The van der Waals surface area contributed by atoms with Crippen molar-refractivity contribution in [3.63, 3.8) is 0 Å². The molecule has 0 atom stereocenters. The Morgan fingerprint density at radius 1 is 0.625 bits per heavy atom. The molecule has 120 valence electrons. The molecule has 0 unspecified atom stereocenters. The van der Waals surface area contributed by atoms with Crippen LogP contribution in [-0.4, -0.2) is 21.4 Å². The van der Waals surface area contributed by atoms with Gasteiger partial charge in [-0.25, -0.2) is 0 Å². The fourth-order valence-electron chi connectivity index (χ4n) is 2.61. The van der Waals surface area contributed by atoms with E-state index in [4.69, 9.17) is 0 Å². The first kappa shape index (κ1) is 15.1. The molecule has 0 amide bonds. The number of ketones is 2. The van der Waals surface area contributed by atoms with Crippen LogP contribution >= 0.6 is 0 Å². The second-order valence-electron chi connectivity index (χ2n) is 4.84. The molecule has 1 aliphatic carbocycles. The molecule has 0 fully saturated rings. The Morgan fingerprint density at radius 3 is 1.25 bits per heavy atom. The number of nitrogens with zero attached hydrogens (tertiary/aromatic N) is 2. The van der Waals surface area contributed by atoms with Gasteiger partial charge < -0.3 is 10.2 Å². The van der Waals surface area contributed by atoms with E-state index < -0.39 is 66.5 Å². The fraction of sp³-hybridized carbons (Fsp3) is 0. The zero-order chi connectivity index (χ0) is 17.8. The van der Waals surface area contributed by atoms with Crippen molar-refractivity contribution in [2.75, 3.05) is 0 Å². The Morgan fingerprint density at radius 2 is 0.958 bits per heavy atom. The second-order valence-corrected chi connectivity index (χ2v) is 4.84. The third-order valence-electron chi connectivity index (χ3n) is 3.59. The molecule has 0 radical (unpaired) electrons. The van der Waals surface area contributed by atoms with Gasteiger partial charge in [0, 0.05) is 23.3 Å². The van der Waals surface area contributed by atoms with Crippen LogP contribution in [0.1, 0.15) is 31.8 Å². The summed E-state index contributed by atoms with van der Waals surface area (Å²) >= 11 is 0. The molecule has 0 spiro atoms. The molecule has 0 saturated carbocycles. The first-order chi connectivity index (χ1) is 11.3. The van der Waals surface area contributed by atoms with Gasteiger partial charge in [-0.05, 0) is 0 Å². The zero-order valence-corrected chi connectivity index (χ0v) is 11.5. The van der Waals surface area contributed by atoms with Crippen LogP contribution in [0.4, 0.5) is 11.4 Å². The van der Waals surface area contributed by atoms with Gasteiger partial charge in [-0.2, -0.15) is 0 Å². The molecule has 0 bridgehead atoms. The zero-order valence-electron chi connectivity index (χ0n) is 11.5. The maximum absolute atomic E-state index is 12.5. The van der Waals surface area contributed by atoms with Gasteiger partial charge in [0.2, 0.25) is 11.6 Å². The summed E-state index contributed by atoms with van der Waals surface area (Å²) in [5.41, 5.74) is -4.95. The Labute approximate surface area is 131 Å². The average Bonchev–Trinajstić information content (AvgIpc) is 2.51.